The van der Waals surface area contributed by atoms with Gasteiger partial charge in [-0.3, -0.25) is 13.9 Å². The van der Waals surface area contributed by atoms with Gasteiger partial charge in [0.15, 0.2) is 0 Å². The maximum atomic E-state index is 12.3. The molecule has 10 nitrogen and oxygen atoms in total. The largest absolute Gasteiger partial charge is 0.397 e. The molecule has 38 heavy (non-hydrogen) atoms. The van der Waals surface area contributed by atoms with Gasteiger partial charge < -0.3 is 10.4 Å². The molecule has 4 fully saturated rings. The molecule has 10 unspecified atom stereocenters. The van der Waals surface area contributed by atoms with Crippen LogP contribution in [0.15, 0.2) is 0 Å². The Morgan fingerprint density at radius 1 is 1.00 bits per heavy atom. The lowest BCUT2D eigenvalue weighted by Gasteiger charge is -2.62. The summed E-state index contributed by atoms with van der Waals surface area (Å²) in [5, 5.41) is 12.9. The molecule has 0 radical (unpaired) electrons. The summed E-state index contributed by atoms with van der Waals surface area (Å²) in [7, 11) is -8.74. The molecule has 0 heterocycles. The van der Waals surface area contributed by atoms with E-state index in [1.165, 1.54) is 0 Å². The van der Waals surface area contributed by atoms with Crippen LogP contribution in [0.5, 0.6) is 0 Å². The van der Waals surface area contributed by atoms with Gasteiger partial charge in [-0.1, -0.05) is 20.8 Å². The maximum absolute atomic E-state index is 12.3. The highest BCUT2D eigenvalue weighted by Crippen LogP contribution is 2.68. The van der Waals surface area contributed by atoms with E-state index >= 15 is 0 Å². The summed E-state index contributed by atoms with van der Waals surface area (Å²) in [5.74, 6) is 0.513. The third kappa shape index (κ3) is 6.25. The van der Waals surface area contributed by atoms with Crippen molar-refractivity contribution >= 4 is 26.4 Å². The van der Waals surface area contributed by atoms with E-state index < -0.39 is 32.4 Å². The van der Waals surface area contributed by atoms with E-state index in [2.05, 4.69) is 26.1 Å². The van der Waals surface area contributed by atoms with E-state index in [1.54, 1.807) is 0 Å². The molecule has 4 rings (SSSR count). The van der Waals surface area contributed by atoms with E-state index in [9.17, 15) is 31.3 Å². The zero-order valence-corrected chi connectivity index (χ0v) is 24.3. The summed E-state index contributed by atoms with van der Waals surface area (Å²) >= 11 is 0. The Kier molecular flexibility index (Phi) is 8.65. The highest BCUT2D eigenvalue weighted by Gasteiger charge is 2.63. The van der Waals surface area contributed by atoms with E-state index in [0.717, 1.165) is 38.5 Å². The molecule has 10 atom stereocenters. The van der Waals surface area contributed by atoms with Crippen LogP contribution < -0.4 is 5.32 Å². The van der Waals surface area contributed by atoms with Crippen LogP contribution in [0.4, 0.5) is 0 Å². The Labute approximate surface area is 227 Å². The SMILES string of the molecule is CC(CCC(=O)NCCS(=O)(=O)O)C1CCC2C3C(OS(=O)(=O)O)CC4CC(O)CCC4(C)C3CCC12C. The Bertz CT molecular complexity index is 1100. The second-order valence-electron chi connectivity index (χ2n) is 13.1. The maximum Gasteiger partial charge on any atom is 0.397 e. The van der Waals surface area contributed by atoms with E-state index in [1.807, 2.05) is 0 Å². The second kappa shape index (κ2) is 10.9. The molecule has 4 saturated carbocycles. The zero-order chi connectivity index (χ0) is 28.1. The van der Waals surface area contributed by atoms with Gasteiger partial charge >= 0.3 is 10.4 Å². The Hall–Kier alpha value is -0.790. The summed E-state index contributed by atoms with van der Waals surface area (Å²) in [4.78, 5) is 12.3. The van der Waals surface area contributed by atoms with E-state index in [0.29, 0.717) is 25.2 Å². The first-order valence-corrected chi connectivity index (χ1v) is 17.1. The van der Waals surface area contributed by atoms with Gasteiger partial charge in [-0.25, -0.2) is 4.18 Å². The molecule has 0 saturated heterocycles. The summed E-state index contributed by atoms with van der Waals surface area (Å²) in [6.45, 7) is 6.65. The number of nitrogens with one attached hydrogen (secondary N) is 1. The highest BCUT2D eigenvalue weighted by molar-refractivity contribution is 7.85. The molecule has 1 amide bonds. The van der Waals surface area contributed by atoms with E-state index in [4.69, 9.17) is 8.74 Å². The van der Waals surface area contributed by atoms with E-state index in [-0.39, 0.29) is 65.4 Å². The van der Waals surface area contributed by atoms with Crippen molar-refractivity contribution in [2.45, 2.75) is 97.2 Å². The van der Waals surface area contributed by atoms with Crippen LogP contribution in [0.2, 0.25) is 0 Å². The van der Waals surface area contributed by atoms with Crippen molar-refractivity contribution in [2.75, 3.05) is 12.3 Å². The van der Waals surface area contributed by atoms with Crippen LogP contribution in [0.3, 0.4) is 0 Å². The number of fused-ring (bicyclic) bond motifs is 5. The minimum absolute atomic E-state index is 0.00750. The lowest BCUT2D eigenvalue weighted by molar-refractivity contribution is -0.168. The first-order valence-electron chi connectivity index (χ1n) is 14.1. The van der Waals surface area contributed by atoms with Crippen LogP contribution >= 0.6 is 0 Å². The highest BCUT2D eigenvalue weighted by atomic mass is 32.3. The predicted molar refractivity (Wildman–Crippen MR) is 141 cm³/mol. The van der Waals surface area contributed by atoms with Gasteiger partial charge in [-0.15, -0.1) is 0 Å². The number of amides is 1. The number of carbonyl (C=O) groups is 1. The van der Waals surface area contributed by atoms with Crippen molar-refractivity contribution < 1.29 is 40.0 Å². The molecule has 4 N–H and O–H groups in total. The van der Waals surface area contributed by atoms with Gasteiger partial charge in [0.05, 0.1) is 18.0 Å². The normalized spacial score (nSPS) is 42.0. The lowest BCUT2D eigenvalue weighted by Crippen LogP contribution is -2.59. The fourth-order valence-electron chi connectivity index (χ4n) is 9.37. The molecule has 0 aromatic rings. The smallest absolute Gasteiger partial charge is 0.393 e. The number of aliphatic hydroxyl groups is 1. The van der Waals surface area contributed by atoms with Gasteiger partial charge in [-0.05, 0) is 104 Å². The number of carbonyl (C=O) groups excluding carboxylic acids is 1. The van der Waals surface area contributed by atoms with Crippen LogP contribution in [0, 0.1) is 46.3 Å². The first kappa shape index (κ1) is 30.2. The summed E-state index contributed by atoms with van der Waals surface area (Å²) < 4.78 is 69.4. The summed E-state index contributed by atoms with van der Waals surface area (Å²) in [6, 6.07) is 0. The third-order valence-electron chi connectivity index (χ3n) is 11.1. The monoisotopic (exact) mass is 579 g/mol. The van der Waals surface area contributed by atoms with Crippen molar-refractivity contribution in [1.29, 1.82) is 0 Å². The third-order valence-corrected chi connectivity index (χ3v) is 12.4. The van der Waals surface area contributed by atoms with Crippen LogP contribution in [0.25, 0.3) is 0 Å². The molecular formula is C26H45NO9S2. The van der Waals surface area contributed by atoms with Gasteiger partial charge in [0.1, 0.15) is 0 Å². The molecule has 0 aromatic carbocycles. The minimum atomic E-state index is -4.62. The molecular weight excluding hydrogens is 534 g/mol. The van der Waals surface area contributed by atoms with Crippen molar-refractivity contribution in [3.63, 3.8) is 0 Å². The van der Waals surface area contributed by atoms with Gasteiger partial charge in [-0.2, -0.15) is 16.8 Å². The fourth-order valence-corrected chi connectivity index (χ4v) is 10.3. The Morgan fingerprint density at radius 2 is 1.66 bits per heavy atom. The Morgan fingerprint density at radius 3 is 2.32 bits per heavy atom. The van der Waals surface area contributed by atoms with Crippen LogP contribution in [-0.2, 0) is 29.5 Å². The van der Waals surface area contributed by atoms with Crippen molar-refractivity contribution in [3.05, 3.63) is 0 Å². The van der Waals surface area contributed by atoms with Crippen molar-refractivity contribution in [2.24, 2.45) is 46.3 Å². The molecule has 0 aliphatic heterocycles. The molecule has 12 heteroatoms. The lowest BCUT2D eigenvalue weighted by atomic mass is 9.43. The quantitative estimate of drug-likeness (QED) is 0.300. The summed E-state index contributed by atoms with van der Waals surface area (Å²) in [6.07, 6.45) is 6.65. The fraction of sp³-hybridized carbons (Fsp3) is 0.962. The minimum Gasteiger partial charge on any atom is -0.393 e. The van der Waals surface area contributed by atoms with Gasteiger partial charge in [0.25, 0.3) is 10.1 Å². The van der Waals surface area contributed by atoms with Gasteiger partial charge in [0, 0.05) is 13.0 Å². The molecule has 4 aliphatic rings. The first-order chi connectivity index (χ1) is 17.5. The predicted octanol–water partition coefficient (Wildman–Crippen LogP) is 3.22. The second-order valence-corrected chi connectivity index (χ2v) is 15.7. The molecule has 0 spiro atoms. The van der Waals surface area contributed by atoms with Crippen molar-refractivity contribution in [1.82, 2.24) is 5.32 Å². The van der Waals surface area contributed by atoms with Crippen LogP contribution in [-0.4, -0.2) is 61.5 Å². The number of hydrogen-bond donors (Lipinski definition) is 4. The summed E-state index contributed by atoms with van der Waals surface area (Å²) in [5.41, 5.74) is -0.0334. The zero-order valence-electron chi connectivity index (χ0n) is 22.7. The topological polar surface area (TPSA) is 167 Å². The average molecular weight is 580 g/mol. The van der Waals surface area contributed by atoms with Crippen molar-refractivity contribution in [3.8, 4) is 0 Å². The van der Waals surface area contributed by atoms with Crippen LogP contribution in [0.1, 0.15) is 85.0 Å². The number of aliphatic hydroxyl groups excluding tert-OH is 1. The average Bonchev–Trinajstić information content (AvgIpc) is 3.14. The molecule has 0 bridgehead atoms. The standard InChI is InChI=1S/C26H45NO9S2/c1-16(4-7-23(29)27-12-13-37(30,31)32)19-5-6-20-24-21(9-11-26(19,20)3)25(2)10-8-18(28)14-17(25)15-22(24)36-38(33,34)35/h16-22,24,28H,4-15H2,1-3H3,(H,27,29)(H,30,31,32)(H,33,34,35). The Balaban J connectivity index is 1.48. The number of hydrogen-bond acceptors (Lipinski definition) is 7. The number of rotatable bonds is 9. The molecule has 0 aromatic heterocycles. The van der Waals surface area contributed by atoms with Gasteiger partial charge in [0.2, 0.25) is 5.91 Å². The molecule has 220 valence electrons. The molecule has 4 aliphatic carbocycles.